The Morgan fingerprint density at radius 2 is 1.43 bits per heavy atom. The quantitative estimate of drug-likeness (QED) is 0.315. The number of nitrogens with zero attached hydrogens (tertiary/aromatic N) is 2. The Bertz CT molecular complexity index is 1570. The molecule has 2 heterocycles. The van der Waals surface area contributed by atoms with Crippen LogP contribution in [-0.4, -0.2) is 37.8 Å². The lowest BCUT2D eigenvalue weighted by atomic mass is 10.0. The molecule has 0 aliphatic carbocycles. The van der Waals surface area contributed by atoms with Crippen molar-refractivity contribution in [2.24, 2.45) is 0 Å². The number of aryl methyl sites for hydroxylation is 2. The number of sulfone groups is 1. The number of ketones is 1. The van der Waals surface area contributed by atoms with Crippen LogP contribution in [0, 0.1) is 13.8 Å². The zero-order valence-corrected chi connectivity index (χ0v) is 21.3. The molecule has 4 aromatic rings. The molecule has 0 spiro atoms. The van der Waals surface area contributed by atoms with Gasteiger partial charge in [-0.1, -0.05) is 58.9 Å². The largest absolute Gasteiger partial charge is 0.366 e. The summed E-state index contributed by atoms with van der Waals surface area (Å²) in [6.07, 6.45) is 2.61. The van der Waals surface area contributed by atoms with Gasteiger partial charge in [-0.3, -0.25) is 9.52 Å². The summed E-state index contributed by atoms with van der Waals surface area (Å²) >= 11 is 0.893. The van der Waals surface area contributed by atoms with Crippen LogP contribution in [0.5, 0.6) is 0 Å². The molecule has 0 atom stereocenters. The molecule has 4 rings (SSSR count). The molecule has 0 unspecified atom stereocenters. The van der Waals surface area contributed by atoms with Crippen molar-refractivity contribution in [3.63, 3.8) is 0 Å². The summed E-state index contributed by atoms with van der Waals surface area (Å²) in [7, 11) is -7.72. The molecule has 9 nitrogen and oxygen atoms in total. The van der Waals surface area contributed by atoms with E-state index in [4.69, 9.17) is 0 Å². The molecule has 0 aliphatic heterocycles. The molecular formula is C23H22N4O5S3. The van der Waals surface area contributed by atoms with E-state index in [1.165, 1.54) is 12.4 Å². The first kappa shape index (κ1) is 24.8. The molecule has 12 heteroatoms. The van der Waals surface area contributed by atoms with Crippen LogP contribution in [-0.2, 0) is 31.4 Å². The summed E-state index contributed by atoms with van der Waals surface area (Å²) in [5, 5.41) is 7.98. The van der Waals surface area contributed by atoms with Gasteiger partial charge in [-0.2, -0.15) is 0 Å². The number of rotatable bonds is 9. The van der Waals surface area contributed by atoms with Crippen molar-refractivity contribution in [2.75, 3.05) is 4.72 Å². The molecule has 2 N–H and O–H groups in total. The topological polar surface area (TPSA) is 139 Å². The summed E-state index contributed by atoms with van der Waals surface area (Å²) in [6.45, 7) is 3.78. The Labute approximate surface area is 207 Å². The van der Waals surface area contributed by atoms with Crippen molar-refractivity contribution in [1.29, 1.82) is 0 Å². The molecule has 2 aromatic heterocycles. The van der Waals surface area contributed by atoms with E-state index in [9.17, 15) is 21.6 Å². The third kappa shape index (κ3) is 6.02. The average Bonchev–Trinajstić information content (AvgIpc) is 3.45. The van der Waals surface area contributed by atoms with Crippen molar-refractivity contribution in [2.45, 2.75) is 30.2 Å². The number of anilines is 1. The van der Waals surface area contributed by atoms with Gasteiger partial charge in [-0.25, -0.2) is 16.8 Å². The lowest BCUT2D eigenvalue weighted by Gasteiger charge is -2.06. The second-order valence-corrected chi connectivity index (χ2v) is 12.8. The second-order valence-electron chi connectivity index (χ2n) is 8.00. The molecule has 0 radical (unpaired) electrons. The number of H-pyrrole nitrogens is 1. The number of carbonyl (C=O) groups excluding carboxylic acids is 1. The minimum atomic E-state index is -3.95. The van der Waals surface area contributed by atoms with Gasteiger partial charge >= 0.3 is 0 Å². The molecule has 0 amide bonds. The number of nitrogens with one attached hydrogen (secondary N) is 2. The monoisotopic (exact) mass is 530 g/mol. The van der Waals surface area contributed by atoms with Crippen molar-refractivity contribution >= 4 is 42.7 Å². The van der Waals surface area contributed by atoms with Gasteiger partial charge in [0.05, 0.1) is 10.5 Å². The summed E-state index contributed by atoms with van der Waals surface area (Å²) in [4.78, 5) is 15.4. The van der Waals surface area contributed by atoms with E-state index < -0.39 is 37.1 Å². The molecule has 0 bridgehead atoms. The van der Waals surface area contributed by atoms with Crippen LogP contribution in [0.1, 0.15) is 37.1 Å². The predicted octanol–water partition coefficient (Wildman–Crippen LogP) is 3.63. The molecule has 0 aliphatic rings. The van der Waals surface area contributed by atoms with Crippen molar-refractivity contribution in [3.05, 3.63) is 93.2 Å². The number of sulfonamides is 1. The summed E-state index contributed by atoms with van der Waals surface area (Å²) in [6, 6.07) is 13.7. The van der Waals surface area contributed by atoms with E-state index in [2.05, 4.69) is 19.9 Å². The highest BCUT2D eigenvalue weighted by Crippen LogP contribution is 2.25. The minimum absolute atomic E-state index is 0.0310. The third-order valence-corrected chi connectivity index (χ3v) is 9.21. The fourth-order valence-corrected chi connectivity index (χ4v) is 7.35. The average molecular weight is 531 g/mol. The van der Waals surface area contributed by atoms with E-state index in [0.29, 0.717) is 11.3 Å². The van der Waals surface area contributed by atoms with Gasteiger partial charge in [-0.15, -0.1) is 10.2 Å². The molecule has 0 saturated carbocycles. The lowest BCUT2D eigenvalue weighted by Crippen LogP contribution is -2.14. The summed E-state index contributed by atoms with van der Waals surface area (Å²) in [5.41, 5.74) is 2.79. The third-order valence-electron chi connectivity index (χ3n) is 5.06. The fraction of sp³-hybridized carbons (Fsp3) is 0.174. The molecule has 0 saturated heterocycles. The zero-order chi connectivity index (χ0) is 25.2. The maximum Gasteiger partial charge on any atom is 0.239 e. The van der Waals surface area contributed by atoms with Gasteiger partial charge in [0.25, 0.3) is 0 Å². The zero-order valence-electron chi connectivity index (χ0n) is 18.8. The Morgan fingerprint density at radius 1 is 0.857 bits per heavy atom. The van der Waals surface area contributed by atoms with Gasteiger partial charge in [0.2, 0.25) is 10.0 Å². The lowest BCUT2D eigenvalue weighted by molar-refractivity contribution is 0.103. The van der Waals surface area contributed by atoms with Crippen molar-refractivity contribution in [1.82, 2.24) is 15.2 Å². The number of carbonyl (C=O) groups is 1. The number of hydrogen-bond donors (Lipinski definition) is 2. The summed E-state index contributed by atoms with van der Waals surface area (Å²) < 4.78 is 53.6. The molecular weight excluding hydrogens is 508 g/mol. The number of benzene rings is 2. The van der Waals surface area contributed by atoms with Crippen molar-refractivity contribution in [3.8, 4) is 0 Å². The van der Waals surface area contributed by atoms with Gasteiger partial charge in [0.1, 0.15) is 21.5 Å². The van der Waals surface area contributed by atoms with Crippen LogP contribution in [0.4, 0.5) is 5.69 Å². The summed E-state index contributed by atoms with van der Waals surface area (Å²) in [5.74, 6) is -1.38. The van der Waals surface area contributed by atoms with Crippen LogP contribution < -0.4 is 4.72 Å². The normalized spacial score (nSPS) is 11.9. The number of aromatic nitrogens is 3. The highest BCUT2D eigenvalue weighted by Gasteiger charge is 2.27. The van der Waals surface area contributed by atoms with Gasteiger partial charge in [0.15, 0.2) is 15.6 Å². The standard InChI is InChI=1S/C23H22N4O5S3/c1-15-3-7-17(8-4-15)23(28)19-11-24-12-20(19)34(29,30)13-21-25-26-22(33-21)14-35(31,32)27-18-9-5-16(2)6-10-18/h3-12,24,27H,13-14H2,1-2H3. The van der Waals surface area contributed by atoms with E-state index in [-0.39, 0.29) is 20.5 Å². The van der Waals surface area contributed by atoms with E-state index in [1.54, 1.807) is 48.5 Å². The first-order valence-corrected chi connectivity index (χ1v) is 14.5. The maximum atomic E-state index is 13.1. The van der Waals surface area contributed by atoms with E-state index in [0.717, 1.165) is 22.5 Å². The number of hydrogen-bond acceptors (Lipinski definition) is 8. The van der Waals surface area contributed by atoms with Gasteiger partial charge < -0.3 is 4.98 Å². The van der Waals surface area contributed by atoms with Crippen LogP contribution in [0.25, 0.3) is 0 Å². The van der Waals surface area contributed by atoms with Gasteiger partial charge in [-0.05, 0) is 26.0 Å². The van der Waals surface area contributed by atoms with Crippen LogP contribution in [0.3, 0.4) is 0 Å². The van der Waals surface area contributed by atoms with E-state index in [1.807, 2.05) is 13.8 Å². The van der Waals surface area contributed by atoms with Crippen LogP contribution in [0.2, 0.25) is 0 Å². The smallest absolute Gasteiger partial charge is 0.239 e. The van der Waals surface area contributed by atoms with Crippen LogP contribution >= 0.6 is 11.3 Å². The molecule has 0 fully saturated rings. The van der Waals surface area contributed by atoms with E-state index >= 15 is 0 Å². The van der Waals surface area contributed by atoms with Crippen molar-refractivity contribution < 1.29 is 21.6 Å². The first-order valence-electron chi connectivity index (χ1n) is 10.4. The Balaban J connectivity index is 1.48. The highest BCUT2D eigenvalue weighted by atomic mass is 32.2. The molecule has 182 valence electrons. The Kier molecular flexibility index (Phi) is 6.88. The Hall–Kier alpha value is -3.35. The second kappa shape index (κ2) is 9.72. The molecule has 2 aromatic carbocycles. The minimum Gasteiger partial charge on any atom is -0.366 e. The predicted molar refractivity (Wildman–Crippen MR) is 134 cm³/mol. The Morgan fingerprint density at radius 3 is 2.06 bits per heavy atom. The van der Waals surface area contributed by atoms with Crippen LogP contribution in [0.15, 0.2) is 65.8 Å². The molecule has 35 heavy (non-hydrogen) atoms. The first-order chi connectivity index (χ1) is 16.5. The SMILES string of the molecule is Cc1ccc(NS(=O)(=O)Cc2nnc(CS(=O)(=O)c3c[nH]cc3C(=O)c3ccc(C)cc3)s2)cc1. The number of aromatic amines is 1. The highest BCUT2D eigenvalue weighted by molar-refractivity contribution is 7.92. The maximum absolute atomic E-state index is 13.1. The fourth-order valence-electron chi connectivity index (χ4n) is 3.29. The van der Waals surface area contributed by atoms with Gasteiger partial charge in [0, 0.05) is 23.6 Å².